The molecule has 0 aliphatic heterocycles. The number of hydrogen-bond donors (Lipinski definition) is 4. The van der Waals surface area contributed by atoms with Gasteiger partial charge in [-0.25, -0.2) is 25.0 Å². The molecule has 0 radical (unpaired) electrons. The van der Waals surface area contributed by atoms with Crippen molar-refractivity contribution in [2.75, 3.05) is 10.6 Å². The predicted octanol–water partition coefficient (Wildman–Crippen LogP) is 2.44. The molecule has 0 unspecified atom stereocenters. The van der Waals surface area contributed by atoms with Crippen LogP contribution in [-0.2, 0) is 12.7 Å². The van der Waals surface area contributed by atoms with E-state index in [1.54, 1.807) is 0 Å². The van der Waals surface area contributed by atoms with Crippen LogP contribution in [0.15, 0.2) is 30.9 Å². The SMILES string of the molecule is O=C(NCc1ncc(C(=O)Nc2cc(C(F)(F)F)c(Cl)cn2)s1)c1cc(Nc2nnn[nH]2)ncn1. The molecule has 2 amide bonds. The van der Waals surface area contributed by atoms with Crippen LogP contribution < -0.4 is 16.0 Å². The summed E-state index contributed by atoms with van der Waals surface area (Å²) in [6.45, 7) is -0.0347. The third kappa shape index (κ3) is 6.01. The fourth-order valence-electron chi connectivity index (χ4n) is 2.53. The highest BCUT2D eigenvalue weighted by Gasteiger charge is 2.34. The summed E-state index contributed by atoms with van der Waals surface area (Å²) in [6, 6.07) is 2.00. The Hall–Kier alpha value is -4.25. The molecule has 4 aromatic rings. The van der Waals surface area contributed by atoms with Gasteiger partial charge in [-0.3, -0.25) is 9.59 Å². The molecule has 13 nitrogen and oxygen atoms in total. The monoisotopic (exact) mass is 525 g/mol. The molecule has 0 saturated heterocycles. The van der Waals surface area contributed by atoms with Crippen LogP contribution in [0.5, 0.6) is 0 Å². The molecule has 18 heteroatoms. The summed E-state index contributed by atoms with van der Waals surface area (Å²) in [7, 11) is 0. The lowest BCUT2D eigenvalue weighted by atomic mass is 10.2. The van der Waals surface area contributed by atoms with Gasteiger partial charge < -0.3 is 16.0 Å². The average Bonchev–Trinajstić information content (AvgIpc) is 3.50. The van der Waals surface area contributed by atoms with Crippen molar-refractivity contribution in [2.24, 2.45) is 0 Å². The second kappa shape index (κ2) is 9.94. The van der Waals surface area contributed by atoms with Crippen LogP contribution in [0.3, 0.4) is 0 Å². The standard InChI is InChI=1S/C17H11ClF3N11O2S/c18-8-3-22-11(1-7(8)17(19,20)21)27-15(34)10-4-23-13(35-10)5-24-14(33)9-2-12(26-6-25-9)28-16-29-31-32-30-16/h1-4,6H,5H2,(H,24,33)(H,22,27,34)(H2,25,26,28,29,30,31,32). The number of amides is 2. The van der Waals surface area contributed by atoms with Gasteiger partial charge in [0.1, 0.15) is 33.5 Å². The number of nitrogens with zero attached hydrogens (tertiary/aromatic N) is 7. The van der Waals surface area contributed by atoms with Crippen molar-refractivity contribution in [3.63, 3.8) is 0 Å². The third-order valence-electron chi connectivity index (χ3n) is 4.07. The Morgan fingerprint density at radius 1 is 1.06 bits per heavy atom. The molecule has 0 aliphatic rings. The average molecular weight is 526 g/mol. The zero-order valence-electron chi connectivity index (χ0n) is 17.0. The van der Waals surface area contributed by atoms with Gasteiger partial charge >= 0.3 is 6.18 Å². The lowest BCUT2D eigenvalue weighted by Crippen LogP contribution is -2.24. The maximum atomic E-state index is 13.0. The van der Waals surface area contributed by atoms with E-state index in [0.717, 1.165) is 17.5 Å². The molecule has 0 aromatic carbocycles. The van der Waals surface area contributed by atoms with E-state index in [9.17, 15) is 22.8 Å². The number of anilines is 3. The van der Waals surface area contributed by atoms with Gasteiger partial charge in [-0.1, -0.05) is 16.7 Å². The van der Waals surface area contributed by atoms with Crippen LogP contribution >= 0.6 is 22.9 Å². The first-order chi connectivity index (χ1) is 16.7. The van der Waals surface area contributed by atoms with Crippen molar-refractivity contribution in [3.05, 3.63) is 57.0 Å². The molecule has 4 N–H and O–H groups in total. The van der Waals surface area contributed by atoms with Crippen LogP contribution in [-0.4, -0.2) is 52.4 Å². The summed E-state index contributed by atoms with van der Waals surface area (Å²) in [5, 5.41) is 20.3. The van der Waals surface area contributed by atoms with E-state index in [0.29, 0.717) is 11.1 Å². The molecule has 0 atom stereocenters. The Balaban J connectivity index is 1.35. The van der Waals surface area contributed by atoms with E-state index in [1.165, 1.54) is 18.6 Å². The number of hydrogen-bond acceptors (Lipinski definition) is 11. The normalized spacial score (nSPS) is 11.2. The fraction of sp³-hybridized carbons (Fsp3) is 0.118. The van der Waals surface area contributed by atoms with Gasteiger partial charge in [0.15, 0.2) is 0 Å². The largest absolute Gasteiger partial charge is 0.418 e. The van der Waals surface area contributed by atoms with Crippen molar-refractivity contribution < 1.29 is 22.8 Å². The molecule has 0 fully saturated rings. The molecule has 0 spiro atoms. The molecule has 0 aliphatic carbocycles. The second-order valence-electron chi connectivity index (χ2n) is 6.47. The number of carbonyl (C=O) groups is 2. The summed E-state index contributed by atoms with van der Waals surface area (Å²) in [6.07, 6.45) is -1.52. The van der Waals surface area contributed by atoms with E-state index in [2.05, 4.69) is 56.5 Å². The minimum atomic E-state index is -4.71. The Bertz CT molecular complexity index is 1360. The summed E-state index contributed by atoms with van der Waals surface area (Å²) in [5.74, 6) is -1.12. The van der Waals surface area contributed by atoms with Gasteiger partial charge in [0, 0.05) is 12.3 Å². The van der Waals surface area contributed by atoms with Crippen LogP contribution in [0, 0.1) is 0 Å². The topological polar surface area (TPSA) is 176 Å². The second-order valence-corrected chi connectivity index (χ2v) is 7.99. The van der Waals surface area contributed by atoms with Crippen LogP contribution in [0.25, 0.3) is 0 Å². The van der Waals surface area contributed by atoms with Crippen molar-refractivity contribution in [3.8, 4) is 0 Å². The Kier molecular flexibility index (Phi) is 6.78. The number of tetrazole rings is 1. The highest BCUT2D eigenvalue weighted by atomic mass is 35.5. The summed E-state index contributed by atoms with van der Waals surface area (Å²) < 4.78 is 39.0. The number of alkyl halides is 3. The van der Waals surface area contributed by atoms with Gasteiger partial charge in [-0.05, 0) is 16.5 Å². The van der Waals surface area contributed by atoms with Gasteiger partial charge in [0.2, 0.25) is 5.95 Å². The quantitative estimate of drug-likeness (QED) is 0.280. The van der Waals surface area contributed by atoms with E-state index in [4.69, 9.17) is 11.6 Å². The fourth-order valence-corrected chi connectivity index (χ4v) is 3.49. The first kappa shape index (κ1) is 23.9. The number of nitrogens with one attached hydrogen (secondary N) is 4. The van der Waals surface area contributed by atoms with E-state index >= 15 is 0 Å². The number of aromatic amines is 1. The number of rotatable bonds is 7. The number of pyridine rings is 1. The summed E-state index contributed by atoms with van der Waals surface area (Å²) in [5.41, 5.74) is -1.09. The van der Waals surface area contributed by atoms with Crippen LogP contribution in [0.1, 0.15) is 30.7 Å². The summed E-state index contributed by atoms with van der Waals surface area (Å²) in [4.78, 5) is 40.4. The van der Waals surface area contributed by atoms with Crippen molar-refractivity contribution in [2.45, 2.75) is 12.7 Å². The van der Waals surface area contributed by atoms with Gasteiger partial charge in [0.05, 0.1) is 23.3 Å². The Labute approximate surface area is 201 Å². The highest BCUT2D eigenvalue weighted by molar-refractivity contribution is 7.13. The zero-order chi connectivity index (χ0) is 25.0. The number of thiazole rings is 1. The first-order valence-electron chi connectivity index (χ1n) is 9.29. The minimum absolute atomic E-state index is 0.0347. The van der Waals surface area contributed by atoms with Gasteiger partial charge in [0.25, 0.3) is 11.8 Å². The number of halogens is 4. The molecule has 180 valence electrons. The summed E-state index contributed by atoms with van der Waals surface area (Å²) >= 11 is 6.46. The molecule has 0 saturated carbocycles. The molecular formula is C17H11ClF3N11O2S. The van der Waals surface area contributed by atoms with E-state index in [1.807, 2.05) is 0 Å². The number of carbonyl (C=O) groups excluding carboxylic acids is 2. The molecule has 4 rings (SSSR count). The van der Waals surface area contributed by atoms with Gasteiger partial charge in [-0.15, -0.1) is 11.3 Å². The molecular weight excluding hydrogens is 515 g/mol. The molecule has 4 heterocycles. The lowest BCUT2D eigenvalue weighted by Gasteiger charge is -2.10. The van der Waals surface area contributed by atoms with Gasteiger partial charge in [-0.2, -0.15) is 13.2 Å². The number of H-pyrrole nitrogens is 1. The van der Waals surface area contributed by atoms with Crippen molar-refractivity contribution in [1.29, 1.82) is 0 Å². The highest BCUT2D eigenvalue weighted by Crippen LogP contribution is 2.35. The number of aromatic nitrogens is 8. The van der Waals surface area contributed by atoms with Crippen LogP contribution in [0.4, 0.5) is 30.8 Å². The maximum absolute atomic E-state index is 13.0. The predicted molar refractivity (Wildman–Crippen MR) is 115 cm³/mol. The molecule has 4 aromatic heterocycles. The van der Waals surface area contributed by atoms with Crippen molar-refractivity contribution in [1.82, 2.24) is 45.9 Å². The van der Waals surface area contributed by atoms with E-state index in [-0.39, 0.29) is 34.7 Å². The van der Waals surface area contributed by atoms with Crippen LogP contribution in [0.2, 0.25) is 5.02 Å². The molecule has 35 heavy (non-hydrogen) atoms. The zero-order valence-corrected chi connectivity index (χ0v) is 18.5. The smallest absolute Gasteiger partial charge is 0.344 e. The van der Waals surface area contributed by atoms with E-state index < -0.39 is 28.6 Å². The first-order valence-corrected chi connectivity index (χ1v) is 10.5. The third-order valence-corrected chi connectivity index (χ3v) is 5.37. The van der Waals surface area contributed by atoms with Crippen molar-refractivity contribution >= 4 is 52.3 Å². The molecule has 0 bridgehead atoms. The lowest BCUT2D eigenvalue weighted by molar-refractivity contribution is -0.137. The Morgan fingerprint density at radius 2 is 1.89 bits per heavy atom. The maximum Gasteiger partial charge on any atom is 0.418 e. The minimum Gasteiger partial charge on any atom is -0.344 e. The Morgan fingerprint density at radius 3 is 2.63 bits per heavy atom.